The van der Waals surface area contributed by atoms with Crippen LogP contribution in [0, 0.1) is 5.82 Å². The highest BCUT2D eigenvalue weighted by molar-refractivity contribution is 5.97. The van der Waals surface area contributed by atoms with Crippen LogP contribution in [0.15, 0.2) is 54.9 Å². The highest BCUT2D eigenvalue weighted by Gasteiger charge is 2.16. The van der Waals surface area contributed by atoms with Crippen LogP contribution in [0.25, 0.3) is 10.9 Å². The molecule has 214 valence electrons. The Morgan fingerprint density at radius 2 is 1.61 bits per heavy atom. The van der Waals surface area contributed by atoms with Crippen molar-refractivity contribution in [3.63, 3.8) is 0 Å². The summed E-state index contributed by atoms with van der Waals surface area (Å²) in [6, 6.07) is 12.3. The maximum Gasteiger partial charge on any atom is 0.319 e. The highest BCUT2D eigenvalue weighted by atomic mass is 19.1. The number of carbonyl (C=O) groups excluding carboxylic acids is 2. The largest absolute Gasteiger partial charge is 0.494 e. The fourth-order valence-electron chi connectivity index (χ4n) is 3.94. The van der Waals surface area contributed by atoms with Crippen LogP contribution in [0.1, 0.15) is 18.9 Å². The smallest absolute Gasteiger partial charge is 0.319 e. The molecule has 0 saturated heterocycles. The fraction of sp³-hybridized carbons (Fsp3) is 0.241. The first kappa shape index (κ1) is 28.9. The van der Waals surface area contributed by atoms with Gasteiger partial charge in [0.05, 0.1) is 37.9 Å². The number of aromatic nitrogens is 2. The van der Waals surface area contributed by atoms with Gasteiger partial charge in [-0.1, -0.05) is 13.0 Å². The van der Waals surface area contributed by atoms with Gasteiger partial charge < -0.3 is 34.9 Å². The summed E-state index contributed by atoms with van der Waals surface area (Å²) in [6.07, 6.45) is 2.11. The molecule has 41 heavy (non-hydrogen) atoms. The van der Waals surface area contributed by atoms with Crippen LogP contribution in [-0.4, -0.2) is 49.8 Å². The van der Waals surface area contributed by atoms with E-state index in [2.05, 4.69) is 25.9 Å². The van der Waals surface area contributed by atoms with E-state index in [-0.39, 0.29) is 29.6 Å². The SMILES string of the molecule is CCC(=O)Nc1cc2c(Oc3ccc(NC(=O)NCCc4ccc(OC)c(OC)c4)cc3F)ncnc2cc1OC. The Bertz CT molecular complexity index is 1560. The number of fused-ring (bicyclic) bond motifs is 1. The number of halogens is 1. The molecule has 0 radical (unpaired) electrons. The Labute approximate surface area is 236 Å². The summed E-state index contributed by atoms with van der Waals surface area (Å²) >= 11 is 0. The van der Waals surface area contributed by atoms with Crippen LogP contribution in [0.3, 0.4) is 0 Å². The molecule has 3 aromatic carbocycles. The van der Waals surface area contributed by atoms with Crippen molar-refractivity contribution in [3.05, 3.63) is 66.2 Å². The molecule has 1 heterocycles. The molecule has 3 amide bonds. The van der Waals surface area contributed by atoms with Crippen molar-refractivity contribution < 1.29 is 32.9 Å². The van der Waals surface area contributed by atoms with E-state index in [1.54, 1.807) is 39.3 Å². The average Bonchev–Trinajstić information content (AvgIpc) is 2.98. The zero-order valence-corrected chi connectivity index (χ0v) is 23.0. The van der Waals surface area contributed by atoms with Crippen molar-refractivity contribution in [2.75, 3.05) is 38.5 Å². The molecular formula is C29H30FN5O6. The van der Waals surface area contributed by atoms with Crippen molar-refractivity contribution in [1.29, 1.82) is 0 Å². The third-order valence-electron chi connectivity index (χ3n) is 6.06. The average molecular weight is 564 g/mol. The number of urea groups is 1. The second-order valence-electron chi connectivity index (χ2n) is 8.72. The number of hydrogen-bond acceptors (Lipinski definition) is 8. The van der Waals surface area contributed by atoms with Crippen LogP contribution in [0.2, 0.25) is 0 Å². The van der Waals surface area contributed by atoms with Gasteiger partial charge >= 0.3 is 6.03 Å². The number of nitrogens with zero attached hydrogens (tertiary/aromatic N) is 2. The van der Waals surface area contributed by atoms with Crippen molar-refractivity contribution in [3.8, 4) is 28.9 Å². The van der Waals surface area contributed by atoms with E-state index in [0.29, 0.717) is 46.8 Å². The maximum absolute atomic E-state index is 15.0. The van der Waals surface area contributed by atoms with Gasteiger partial charge in [-0.2, -0.15) is 0 Å². The molecule has 1 aromatic heterocycles. The van der Waals surface area contributed by atoms with E-state index in [4.69, 9.17) is 18.9 Å². The lowest BCUT2D eigenvalue weighted by Gasteiger charge is -2.14. The first-order valence-corrected chi connectivity index (χ1v) is 12.7. The van der Waals surface area contributed by atoms with Gasteiger partial charge in [0.2, 0.25) is 11.8 Å². The summed E-state index contributed by atoms with van der Waals surface area (Å²) in [4.78, 5) is 32.7. The van der Waals surface area contributed by atoms with Gasteiger partial charge in [-0.3, -0.25) is 4.79 Å². The third-order valence-corrected chi connectivity index (χ3v) is 6.06. The molecule has 0 aliphatic rings. The van der Waals surface area contributed by atoms with Crippen LogP contribution in [-0.2, 0) is 11.2 Å². The number of rotatable bonds is 11. The summed E-state index contributed by atoms with van der Waals surface area (Å²) in [6.45, 7) is 2.07. The third kappa shape index (κ3) is 7.10. The number of hydrogen-bond donors (Lipinski definition) is 3. The minimum atomic E-state index is -0.715. The normalized spacial score (nSPS) is 10.6. The van der Waals surface area contributed by atoms with Crippen LogP contribution >= 0.6 is 0 Å². The zero-order chi connectivity index (χ0) is 29.4. The molecule has 4 rings (SSSR count). The van der Waals surface area contributed by atoms with E-state index in [1.807, 2.05) is 12.1 Å². The number of anilines is 2. The van der Waals surface area contributed by atoms with E-state index in [1.165, 1.54) is 25.6 Å². The monoisotopic (exact) mass is 563 g/mol. The lowest BCUT2D eigenvalue weighted by Crippen LogP contribution is -2.30. The Hall–Kier alpha value is -5.13. The van der Waals surface area contributed by atoms with Gasteiger partial charge in [-0.25, -0.2) is 19.2 Å². The highest BCUT2D eigenvalue weighted by Crippen LogP contribution is 2.35. The number of carbonyl (C=O) groups is 2. The summed E-state index contributed by atoms with van der Waals surface area (Å²) < 4.78 is 36.6. The Kier molecular flexibility index (Phi) is 9.35. The quantitative estimate of drug-likeness (QED) is 0.224. The second kappa shape index (κ2) is 13.3. The van der Waals surface area contributed by atoms with E-state index in [0.717, 1.165) is 11.6 Å². The van der Waals surface area contributed by atoms with Crippen molar-refractivity contribution in [2.24, 2.45) is 0 Å². The van der Waals surface area contributed by atoms with E-state index < -0.39 is 11.8 Å². The van der Waals surface area contributed by atoms with Crippen LogP contribution in [0.5, 0.6) is 28.9 Å². The molecular weight excluding hydrogens is 533 g/mol. The molecule has 0 aliphatic heterocycles. The minimum Gasteiger partial charge on any atom is -0.494 e. The van der Waals surface area contributed by atoms with Crippen molar-refractivity contribution in [2.45, 2.75) is 19.8 Å². The van der Waals surface area contributed by atoms with Gasteiger partial charge in [0.1, 0.15) is 12.1 Å². The van der Waals surface area contributed by atoms with E-state index >= 15 is 0 Å². The fourth-order valence-corrected chi connectivity index (χ4v) is 3.94. The van der Waals surface area contributed by atoms with Gasteiger partial charge in [-0.05, 0) is 42.3 Å². The summed E-state index contributed by atoms with van der Waals surface area (Å²) in [5.74, 6) is 0.679. The molecule has 0 unspecified atom stereocenters. The molecule has 12 heteroatoms. The lowest BCUT2D eigenvalue weighted by molar-refractivity contribution is -0.115. The number of ether oxygens (including phenoxy) is 4. The van der Waals surface area contributed by atoms with Gasteiger partial charge in [-0.15, -0.1) is 0 Å². The molecule has 0 aliphatic carbocycles. The molecule has 0 fully saturated rings. The number of methoxy groups -OCH3 is 3. The first-order chi connectivity index (χ1) is 19.8. The van der Waals surface area contributed by atoms with E-state index in [9.17, 15) is 14.0 Å². The predicted octanol–water partition coefficient (Wildman–Crippen LogP) is 5.30. The minimum absolute atomic E-state index is 0.0807. The standard InChI is InChI=1S/C29H30FN5O6/c1-5-27(36)35-22-14-19-21(15-25(22)39-3)32-16-33-28(19)41-23-9-7-18(13-20(23)30)34-29(37)31-11-10-17-6-8-24(38-2)26(12-17)40-4/h6-9,12-16H,5,10-11H2,1-4H3,(H,35,36)(H2,31,34,37). The molecule has 0 spiro atoms. The molecule has 0 bridgehead atoms. The molecule has 3 N–H and O–H groups in total. The maximum atomic E-state index is 15.0. The number of nitrogens with one attached hydrogen (secondary N) is 3. The summed E-state index contributed by atoms with van der Waals surface area (Å²) in [7, 11) is 4.60. The summed E-state index contributed by atoms with van der Waals surface area (Å²) in [5.41, 5.74) is 2.07. The molecule has 11 nitrogen and oxygen atoms in total. The van der Waals surface area contributed by atoms with Crippen LogP contribution < -0.4 is 34.9 Å². The first-order valence-electron chi connectivity index (χ1n) is 12.7. The Balaban J connectivity index is 1.41. The van der Waals surface area contributed by atoms with Crippen molar-refractivity contribution in [1.82, 2.24) is 15.3 Å². The van der Waals surface area contributed by atoms with Crippen LogP contribution in [0.4, 0.5) is 20.6 Å². The lowest BCUT2D eigenvalue weighted by atomic mass is 10.1. The predicted molar refractivity (Wildman–Crippen MR) is 152 cm³/mol. The second-order valence-corrected chi connectivity index (χ2v) is 8.72. The summed E-state index contributed by atoms with van der Waals surface area (Å²) in [5, 5.41) is 8.54. The molecule has 0 atom stereocenters. The van der Waals surface area contributed by atoms with Gasteiger partial charge in [0.25, 0.3) is 0 Å². The molecule has 0 saturated carbocycles. The number of amides is 3. The number of benzene rings is 3. The van der Waals surface area contributed by atoms with Gasteiger partial charge in [0.15, 0.2) is 23.1 Å². The Morgan fingerprint density at radius 1 is 0.854 bits per heavy atom. The Morgan fingerprint density at radius 3 is 2.32 bits per heavy atom. The van der Waals surface area contributed by atoms with Crippen molar-refractivity contribution >= 4 is 34.2 Å². The van der Waals surface area contributed by atoms with Gasteiger partial charge in [0, 0.05) is 30.8 Å². The molecule has 4 aromatic rings. The topological polar surface area (TPSA) is 133 Å². The zero-order valence-electron chi connectivity index (χ0n) is 23.0.